The Morgan fingerprint density at radius 2 is 2.31 bits per heavy atom. The first-order valence-electron chi connectivity index (χ1n) is 5.57. The predicted molar refractivity (Wildman–Crippen MR) is 68.2 cm³/mol. The van der Waals surface area contributed by atoms with Gasteiger partial charge in [-0.2, -0.15) is 11.8 Å². The largest absolute Gasteiger partial charge is 0.312 e. The lowest BCUT2D eigenvalue weighted by molar-refractivity contribution is 0.560. The minimum absolute atomic E-state index is 0.0574. The van der Waals surface area contributed by atoms with Crippen LogP contribution in [-0.4, -0.2) is 23.0 Å². The highest BCUT2D eigenvalue weighted by molar-refractivity contribution is 7.99. The second-order valence-electron chi connectivity index (χ2n) is 3.79. The van der Waals surface area contributed by atoms with Crippen molar-refractivity contribution in [3.8, 4) is 0 Å². The van der Waals surface area contributed by atoms with Crippen molar-refractivity contribution in [2.75, 3.05) is 12.8 Å². The smallest absolute Gasteiger partial charge is 0.146 e. The van der Waals surface area contributed by atoms with Crippen molar-refractivity contribution in [3.05, 3.63) is 29.8 Å². The van der Waals surface area contributed by atoms with Gasteiger partial charge in [0.15, 0.2) is 0 Å². The van der Waals surface area contributed by atoms with Crippen LogP contribution in [0.25, 0.3) is 0 Å². The lowest BCUT2D eigenvalue weighted by Crippen LogP contribution is -2.21. The van der Waals surface area contributed by atoms with Gasteiger partial charge in [-0.25, -0.2) is 4.39 Å². The molecular weight excluding hydrogens is 223 g/mol. The summed E-state index contributed by atoms with van der Waals surface area (Å²) in [7, 11) is 1.86. The predicted octanol–water partition coefficient (Wildman–Crippen LogP) is 3.01. The molecule has 16 heavy (non-hydrogen) atoms. The van der Waals surface area contributed by atoms with Crippen LogP contribution in [0.1, 0.15) is 31.9 Å². The molecule has 0 spiro atoms. The first kappa shape index (κ1) is 13.5. The van der Waals surface area contributed by atoms with Gasteiger partial charge in [0.1, 0.15) is 5.82 Å². The Labute approximate surface area is 101 Å². The molecule has 2 atom stereocenters. The fourth-order valence-corrected chi connectivity index (χ4v) is 2.48. The van der Waals surface area contributed by atoms with Gasteiger partial charge in [-0.15, -0.1) is 0 Å². The number of nitrogens with one attached hydrogen (secondary N) is 1. The van der Waals surface area contributed by atoms with Gasteiger partial charge in [0.2, 0.25) is 0 Å². The summed E-state index contributed by atoms with van der Waals surface area (Å²) in [6, 6.07) is 1.80. The maximum absolute atomic E-state index is 13.5. The Hall–Kier alpha value is -0.610. The van der Waals surface area contributed by atoms with Gasteiger partial charge >= 0.3 is 0 Å². The zero-order chi connectivity index (χ0) is 12.0. The van der Waals surface area contributed by atoms with Crippen LogP contribution in [0, 0.1) is 5.82 Å². The number of nitrogens with zero attached hydrogens (tertiary/aromatic N) is 1. The highest BCUT2D eigenvalue weighted by Crippen LogP contribution is 2.23. The SMILES string of the molecule is CCC(C)SCC(NC)c1ccncc1F. The molecule has 0 aliphatic carbocycles. The van der Waals surface area contributed by atoms with E-state index in [-0.39, 0.29) is 11.9 Å². The molecule has 0 fully saturated rings. The molecule has 2 unspecified atom stereocenters. The van der Waals surface area contributed by atoms with Crippen molar-refractivity contribution < 1.29 is 4.39 Å². The molecule has 4 heteroatoms. The highest BCUT2D eigenvalue weighted by Gasteiger charge is 2.14. The van der Waals surface area contributed by atoms with Gasteiger partial charge in [0, 0.05) is 28.8 Å². The summed E-state index contributed by atoms with van der Waals surface area (Å²) in [5.41, 5.74) is 0.702. The molecule has 0 bridgehead atoms. The lowest BCUT2D eigenvalue weighted by Gasteiger charge is -2.18. The number of hydrogen-bond donors (Lipinski definition) is 1. The second kappa shape index (κ2) is 6.86. The average molecular weight is 242 g/mol. The van der Waals surface area contributed by atoms with Crippen molar-refractivity contribution in [1.29, 1.82) is 0 Å². The summed E-state index contributed by atoms with van der Waals surface area (Å²) in [5, 5.41) is 3.76. The fraction of sp³-hybridized carbons (Fsp3) is 0.583. The van der Waals surface area contributed by atoms with E-state index < -0.39 is 0 Å². The molecule has 0 aromatic carbocycles. The molecule has 1 aromatic heterocycles. The maximum Gasteiger partial charge on any atom is 0.146 e. The molecule has 0 aliphatic heterocycles. The highest BCUT2D eigenvalue weighted by atomic mass is 32.2. The molecule has 1 heterocycles. The van der Waals surface area contributed by atoms with Crippen LogP contribution in [0.2, 0.25) is 0 Å². The van der Waals surface area contributed by atoms with Crippen LogP contribution in [0.15, 0.2) is 18.5 Å². The zero-order valence-corrected chi connectivity index (χ0v) is 10.9. The van der Waals surface area contributed by atoms with E-state index in [1.165, 1.54) is 6.20 Å². The van der Waals surface area contributed by atoms with Crippen LogP contribution in [0.4, 0.5) is 4.39 Å². The fourth-order valence-electron chi connectivity index (χ4n) is 1.38. The van der Waals surface area contributed by atoms with Crippen LogP contribution in [0.5, 0.6) is 0 Å². The van der Waals surface area contributed by atoms with Crippen molar-refractivity contribution in [1.82, 2.24) is 10.3 Å². The van der Waals surface area contributed by atoms with E-state index in [4.69, 9.17) is 0 Å². The lowest BCUT2D eigenvalue weighted by atomic mass is 10.1. The molecule has 2 nitrogen and oxygen atoms in total. The number of thioether (sulfide) groups is 1. The topological polar surface area (TPSA) is 24.9 Å². The maximum atomic E-state index is 13.5. The Balaban J connectivity index is 2.64. The molecule has 1 aromatic rings. The van der Waals surface area contributed by atoms with Gasteiger partial charge in [-0.3, -0.25) is 4.98 Å². The summed E-state index contributed by atoms with van der Waals surface area (Å²) in [4.78, 5) is 3.76. The summed E-state index contributed by atoms with van der Waals surface area (Å²) < 4.78 is 13.5. The van der Waals surface area contributed by atoms with E-state index >= 15 is 0 Å². The van der Waals surface area contributed by atoms with E-state index in [1.54, 1.807) is 12.3 Å². The van der Waals surface area contributed by atoms with Crippen molar-refractivity contribution in [3.63, 3.8) is 0 Å². The van der Waals surface area contributed by atoms with Gasteiger partial charge in [0.25, 0.3) is 0 Å². The van der Waals surface area contributed by atoms with Crippen molar-refractivity contribution >= 4 is 11.8 Å². The van der Waals surface area contributed by atoms with Crippen LogP contribution in [0.3, 0.4) is 0 Å². The molecule has 90 valence electrons. The summed E-state index contributed by atoms with van der Waals surface area (Å²) >= 11 is 1.86. The molecule has 0 amide bonds. The van der Waals surface area contributed by atoms with Gasteiger partial charge < -0.3 is 5.32 Å². The molecule has 1 N–H and O–H groups in total. The summed E-state index contributed by atoms with van der Waals surface area (Å²) in [6.45, 7) is 4.36. The summed E-state index contributed by atoms with van der Waals surface area (Å²) in [6.07, 6.45) is 4.05. The zero-order valence-electron chi connectivity index (χ0n) is 10.0. The number of rotatable bonds is 6. The quantitative estimate of drug-likeness (QED) is 0.830. The number of pyridine rings is 1. The van der Waals surface area contributed by atoms with Crippen molar-refractivity contribution in [2.24, 2.45) is 0 Å². The third kappa shape index (κ3) is 3.76. The molecule has 0 radical (unpaired) electrons. The Morgan fingerprint density at radius 1 is 1.56 bits per heavy atom. The summed E-state index contributed by atoms with van der Waals surface area (Å²) in [5.74, 6) is 0.651. The second-order valence-corrected chi connectivity index (χ2v) is 5.26. The van der Waals surface area contributed by atoms with E-state index in [0.717, 1.165) is 12.2 Å². The van der Waals surface area contributed by atoms with Gasteiger partial charge in [0.05, 0.1) is 6.20 Å². The van der Waals surface area contributed by atoms with E-state index in [1.807, 2.05) is 18.8 Å². The van der Waals surface area contributed by atoms with E-state index in [0.29, 0.717) is 10.8 Å². The van der Waals surface area contributed by atoms with Crippen molar-refractivity contribution in [2.45, 2.75) is 31.6 Å². The van der Waals surface area contributed by atoms with E-state index in [2.05, 4.69) is 24.1 Å². The first-order chi connectivity index (χ1) is 7.69. The monoisotopic (exact) mass is 242 g/mol. The van der Waals surface area contributed by atoms with E-state index in [9.17, 15) is 4.39 Å². The minimum Gasteiger partial charge on any atom is -0.312 e. The molecule has 1 rings (SSSR count). The van der Waals surface area contributed by atoms with Gasteiger partial charge in [-0.1, -0.05) is 13.8 Å². The third-order valence-electron chi connectivity index (χ3n) is 2.65. The Morgan fingerprint density at radius 3 is 2.88 bits per heavy atom. The van der Waals surface area contributed by atoms with Crippen LogP contribution < -0.4 is 5.32 Å². The van der Waals surface area contributed by atoms with Crippen LogP contribution >= 0.6 is 11.8 Å². The molecule has 0 saturated heterocycles. The molecule has 0 saturated carbocycles. The number of aromatic nitrogens is 1. The number of hydrogen-bond acceptors (Lipinski definition) is 3. The minimum atomic E-state index is -0.230. The average Bonchev–Trinajstić information content (AvgIpc) is 2.31. The standard InChI is InChI=1S/C12H19FN2S/c1-4-9(2)16-8-12(14-3)10-5-6-15-7-11(10)13/h5-7,9,12,14H,4,8H2,1-3H3. The molecule has 0 aliphatic rings. The van der Waals surface area contributed by atoms with Crippen LogP contribution in [-0.2, 0) is 0 Å². The van der Waals surface area contributed by atoms with Gasteiger partial charge in [-0.05, 0) is 19.5 Å². The Bertz CT molecular complexity index is 320. The molecular formula is C12H19FN2S. The third-order valence-corrected chi connectivity index (χ3v) is 4.08. The number of halogens is 1. The first-order valence-corrected chi connectivity index (χ1v) is 6.62. The Kier molecular flexibility index (Phi) is 5.77. The normalized spacial score (nSPS) is 14.8.